The van der Waals surface area contributed by atoms with Gasteiger partial charge < -0.3 is 15.0 Å². The maximum atomic E-state index is 12.7. The van der Waals surface area contributed by atoms with Crippen LogP contribution in [-0.2, 0) is 18.0 Å². The van der Waals surface area contributed by atoms with E-state index in [9.17, 15) is 4.79 Å². The standard InChI is InChI=1S/C17H23N3O2/c21-17(13-1-2-14-11-22-12-15(14)9-13)20-6-3-16(10-20)19-7-4-18-5-8-19/h1-2,9,16,18H,3-8,10-12H2. The SMILES string of the molecule is O=C(c1ccc2c(c1)COC2)N1CCC(N2CCNCC2)C1. The molecule has 0 radical (unpaired) electrons. The van der Waals surface area contributed by atoms with Crippen LogP contribution in [0.5, 0.6) is 0 Å². The molecule has 5 nitrogen and oxygen atoms in total. The number of carbonyl (C=O) groups is 1. The van der Waals surface area contributed by atoms with E-state index in [-0.39, 0.29) is 5.91 Å². The number of nitrogens with zero attached hydrogens (tertiary/aromatic N) is 2. The average Bonchev–Trinajstić information content (AvgIpc) is 3.23. The number of hydrogen-bond donors (Lipinski definition) is 1. The summed E-state index contributed by atoms with van der Waals surface area (Å²) in [5, 5.41) is 3.39. The topological polar surface area (TPSA) is 44.8 Å². The Labute approximate surface area is 131 Å². The second-order valence-electron chi connectivity index (χ2n) is 6.46. The molecule has 2 saturated heterocycles. The molecule has 1 amide bonds. The lowest BCUT2D eigenvalue weighted by atomic mass is 10.1. The predicted octanol–water partition coefficient (Wildman–Crippen LogP) is 0.837. The highest BCUT2D eigenvalue weighted by atomic mass is 16.5. The van der Waals surface area contributed by atoms with E-state index in [1.807, 2.05) is 23.1 Å². The first-order valence-corrected chi connectivity index (χ1v) is 8.25. The Kier molecular flexibility index (Phi) is 3.86. The number of piperazine rings is 1. The summed E-state index contributed by atoms with van der Waals surface area (Å²) in [6.07, 6.45) is 1.10. The summed E-state index contributed by atoms with van der Waals surface area (Å²) in [4.78, 5) is 17.3. The summed E-state index contributed by atoms with van der Waals surface area (Å²) in [7, 11) is 0. The van der Waals surface area contributed by atoms with E-state index in [4.69, 9.17) is 4.74 Å². The highest BCUT2D eigenvalue weighted by molar-refractivity contribution is 5.94. The number of benzene rings is 1. The van der Waals surface area contributed by atoms with Crippen molar-refractivity contribution in [3.05, 3.63) is 34.9 Å². The zero-order chi connectivity index (χ0) is 14.9. The van der Waals surface area contributed by atoms with Crippen LogP contribution >= 0.6 is 0 Å². The van der Waals surface area contributed by atoms with Crippen LogP contribution in [0.4, 0.5) is 0 Å². The van der Waals surface area contributed by atoms with Crippen LogP contribution in [-0.4, -0.2) is 61.0 Å². The van der Waals surface area contributed by atoms with Gasteiger partial charge in [-0.25, -0.2) is 0 Å². The molecule has 0 saturated carbocycles. The Hall–Kier alpha value is -1.43. The highest BCUT2D eigenvalue weighted by Crippen LogP contribution is 2.23. The number of amides is 1. The van der Waals surface area contributed by atoms with E-state index >= 15 is 0 Å². The first-order valence-electron chi connectivity index (χ1n) is 8.25. The van der Waals surface area contributed by atoms with Crippen molar-refractivity contribution in [3.63, 3.8) is 0 Å². The normalized spacial score (nSPS) is 25.5. The average molecular weight is 301 g/mol. The van der Waals surface area contributed by atoms with Crippen LogP contribution < -0.4 is 5.32 Å². The lowest BCUT2D eigenvalue weighted by molar-refractivity contribution is 0.0773. The molecule has 1 unspecified atom stereocenters. The van der Waals surface area contributed by atoms with E-state index in [0.717, 1.165) is 51.3 Å². The predicted molar refractivity (Wildman–Crippen MR) is 83.7 cm³/mol. The maximum absolute atomic E-state index is 12.7. The lowest BCUT2D eigenvalue weighted by Crippen LogP contribution is -2.49. The zero-order valence-corrected chi connectivity index (χ0v) is 12.9. The molecule has 2 fully saturated rings. The number of hydrogen-bond acceptors (Lipinski definition) is 4. The third kappa shape index (κ3) is 2.64. The Morgan fingerprint density at radius 1 is 1.14 bits per heavy atom. The fourth-order valence-corrected chi connectivity index (χ4v) is 3.76. The summed E-state index contributed by atoms with van der Waals surface area (Å²) < 4.78 is 5.43. The first kappa shape index (κ1) is 14.2. The Morgan fingerprint density at radius 2 is 1.95 bits per heavy atom. The molecule has 3 aliphatic heterocycles. The molecular formula is C17H23N3O2. The quantitative estimate of drug-likeness (QED) is 0.879. The minimum absolute atomic E-state index is 0.173. The Bertz CT molecular complexity index is 569. The minimum atomic E-state index is 0.173. The van der Waals surface area contributed by atoms with E-state index in [0.29, 0.717) is 19.3 Å². The summed E-state index contributed by atoms with van der Waals surface area (Å²) >= 11 is 0. The number of nitrogens with one attached hydrogen (secondary N) is 1. The van der Waals surface area contributed by atoms with E-state index in [1.165, 1.54) is 11.1 Å². The van der Waals surface area contributed by atoms with Gasteiger partial charge >= 0.3 is 0 Å². The van der Waals surface area contributed by atoms with Gasteiger partial charge in [0.15, 0.2) is 0 Å². The molecule has 5 heteroatoms. The minimum Gasteiger partial charge on any atom is -0.372 e. The van der Waals surface area contributed by atoms with Crippen LogP contribution in [0, 0.1) is 0 Å². The maximum Gasteiger partial charge on any atom is 0.253 e. The van der Waals surface area contributed by atoms with Gasteiger partial charge in [0.25, 0.3) is 5.91 Å². The number of carbonyl (C=O) groups excluding carboxylic acids is 1. The lowest BCUT2D eigenvalue weighted by Gasteiger charge is -2.32. The Morgan fingerprint density at radius 3 is 2.82 bits per heavy atom. The third-order valence-electron chi connectivity index (χ3n) is 5.09. The molecule has 1 aromatic carbocycles. The van der Waals surface area contributed by atoms with Gasteiger partial charge in [-0.3, -0.25) is 9.69 Å². The van der Waals surface area contributed by atoms with Crippen LogP contribution in [0.15, 0.2) is 18.2 Å². The number of ether oxygens (including phenoxy) is 1. The summed E-state index contributed by atoms with van der Waals surface area (Å²) in [5.41, 5.74) is 3.20. The van der Waals surface area contributed by atoms with Gasteiger partial charge in [-0.05, 0) is 29.7 Å². The van der Waals surface area contributed by atoms with E-state index < -0.39 is 0 Å². The van der Waals surface area contributed by atoms with Crippen molar-refractivity contribution in [2.24, 2.45) is 0 Å². The summed E-state index contributed by atoms with van der Waals surface area (Å²) in [5.74, 6) is 0.173. The summed E-state index contributed by atoms with van der Waals surface area (Å²) in [6.45, 7) is 7.39. The van der Waals surface area contributed by atoms with Crippen molar-refractivity contribution in [2.75, 3.05) is 39.3 Å². The van der Waals surface area contributed by atoms with Crippen LogP contribution in [0.1, 0.15) is 27.9 Å². The van der Waals surface area contributed by atoms with Crippen molar-refractivity contribution in [1.82, 2.24) is 15.1 Å². The van der Waals surface area contributed by atoms with Crippen molar-refractivity contribution in [3.8, 4) is 0 Å². The van der Waals surface area contributed by atoms with Crippen molar-refractivity contribution in [2.45, 2.75) is 25.7 Å². The third-order valence-corrected chi connectivity index (χ3v) is 5.09. The van der Waals surface area contributed by atoms with Gasteiger partial charge in [0, 0.05) is 50.9 Å². The monoisotopic (exact) mass is 301 g/mol. The zero-order valence-electron chi connectivity index (χ0n) is 12.9. The van der Waals surface area contributed by atoms with Gasteiger partial charge in [-0.1, -0.05) is 6.07 Å². The smallest absolute Gasteiger partial charge is 0.253 e. The number of rotatable bonds is 2. The van der Waals surface area contributed by atoms with Gasteiger partial charge in [0.1, 0.15) is 0 Å². The second kappa shape index (κ2) is 5.99. The number of fused-ring (bicyclic) bond motifs is 1. The van der Waals surface area contributed by atoms with E-state index in [1.54, 1.807) is 0 Å². The fraction of sp³-hybridized carbons (Fsp3) is 0.588. The van der Waals surface area contributed by atoms with E-state index in [2.05, 4.69) is 10.2 Å². The molecule has 1 aromatic rings. The first-order chi connectivity index (χ1) is 10.8. The molecule has 4 rings (SSSR count). The van der Waals surface area contributed by atoms with Crippen LogP contribution in [0.2, 0.25) is 0 Å². The Balaban J connectivity index is 1.43. The molecule has 0 aromatic heterocycles. The van der Waals surface area contributed by atoms with Crippen molar-refractivity contribution in [1.29, 1.82) is 0 Å². The molecule has 0 aliphatic carbocycles. The molecule has 1 N–H and O–H groups in total. The second-order valence-corrected chi connectivity index (χ2v) is 6.46. The number of likely N-dealkylation sites (tertiary alicyclic amines) is 1. The van der Waals surface area contributed by atoms with Gasteiger partial charge in [0.05, 0.1) is 13.2 Å². The van der Waals surface area contributed by atoms with Crippen LogP contribution in [0.3, 0.4) is 0 Å². The highest BCUT2D eigenvalue weighted by Gasteiger charge is 2.31. The largest absolute Gasteiger partial charge is 0.372 e. The molecule has 0 spiro atoms. The van der Waals surface area contributed by atoms with Crippen molar-refractivity contribution >= 4 is 5.91 Å². The summed E-state index contributed by atoms with van der Waals surface area (Å²) in [6, 6.07) is 6.54. The fourth-order valence-electron chi connectivity index (χ4n) is 3.76. The molecule has 1 atom stereocenters. The van der Waals surface area contributed by atoms with Crippen molar-refractivity contribution < 1.29 is 9.53 Å². The van der Waals surface area contributed by atoms with Gasteiger partial charge in [0.2, 0.25) is 0 Å². The van der Waals surface area contributed by atoms with Gasteiger partial charge in [-0.2, -0.15) is 0 Å². The van der Waals surface area contributed by atoms with Crippen LogP contribution in [0.25, 0.3) is 0 Å². The molecular weight excluding hydrogens is 278 g/mol. The molecule has 3 heterocycles. The molecule has 22 heavy (non-hydrogen) atoms. The molecule has 0 bridgehead atoms. The molecule has 118 valence electrons. The molecule has 3 aliphatic rings. The van der Waals surface area contributed by atoms with Gasteiger partial charge in [-0.15, -0.1) is 0 Å².